The molecule has 1 atom stereocenters. The van der Waals surface area contributed by atoms with Crippen LogP contribution < -0.4 is 5.32 Å². The monoisotopic (exact) mass is 347 g/mol. The van der Waals surface area contributed by atoms with Crippen molar-refractivity contribution in [3.8, 4) is 0 Å². The largest absolute Gasteiger partial charge is 0.466 e. The summed E-state index contributed by atoms with van der Waals surface area (Å²) in [5, 5.41) is 13.2. The van der Waals surface area contributed by atoms with Crippen LogP contribution in [0.3, 0.4) is 0 Å². The molecular weight excluding hydrogens is 322 g/mol. The van der Waals surface area contributed by atoms with Gasteiger partial charge in [-0.25, -0.2) is 0 Å². The van der Waals surface area contributed by atoms with Gasteiger partial charge in [-0.05, 0) is 36.6 Å². The number of amides is 1. The smallest absolute Gasteiger partial charge is 0.220 e. The van der Waals surface area contributed by atoms with Gasteiger partial charge in [0.15, 0.2) is 0 Å². The van der Waals surface area contributed by atoms with Crippen molar-refractivity contribution in [1.29, 1.82) is 0 Å². The Bertz CT molecular complexity index is 629. The first-order valence-electron chi connectivity index (χ1n) is 8.79. The molecule has 1 fully saturated rings. The Balaban J connectivity index is 1.42. The fourth-order valence-corrected chi connectivity index (χ4v) is 4.26. The van der Waals surface area contributed by atoms with Gasteiger partial charge in [0.2, 0.25) is 5.91 Å². The molecule has 24 heavy (non-hydrogen) atoms. The maximum absolute atomic E-state index is 12.0. The summed E-state index contributed by atoms with van der Waals surface area (Å²) in [6.45, 7) is 0.527. The molecule has 1 aliphatic rings. The summed E-state index contributed by atoms with van der Waals surface area (Å²) in [6, 6.07) is 7.37. The Labute approximate surface area is 146 Å². The minimum absolute atomic E-state index is 0.127. The van der Waals surface area contributed by atoms with E-state index in [-0.39, 0.29) is 5.91 Å². The highest BCUT2D eigenvalue weighted by molar-refractivity contribution is 7.12. The van der Waals surface area contributed by atoms with Crippen molar-refractivity contribution in [2.45, 2.75) is 57.6 Å². The molecule has 1 aliphatic carbocycles. The molecule has 2 N–H and O–H groups in total. The van der Waals surface area contributed by atoms with E-state index < -0.39 is 6.10 Å². The molecule has 2 aromatic rings. The number of thiophene rings is 1. The fraction of sp³-hybridized carbons (Fsp3) is 0.526. The van der Waals surface area contributed by atoms with Crippen molar-refractivity contribution in [3.63, 3.8) is 0 Å². The number of nitrogens with one attached hydrogen (secondary N) is 1. The lowest BCUT2D eigenvalue weighted by Crippen LogP contribution is -2.23. The Morgan fingerprint density at radius 3 is 2.88 bits per heavy atom. The van der Waals surface area contributed by atoms with Gasteiger partial charge in [0, 0.05) is 16.2 Å². The van der Waals surface area contributed by atoms with E-state index in [4.69, 9.17) is 4.42 Å². The zero-order valence-electron chi connectivity index (χ0n) is 13.9. The summed E-state index contributed by atoms with van der Waals surface area (Å²) in [4.78, 5) is 13.9. The molecule has 0 radical (unpaired) electrons. The summed E-state index contributed by atoms with van der Waals surface area (Å²) in [6.07, 6.45) is 9.02. The quantitative estimate of drug-likeness (QED) is 0.780. The van der Waals surface area contributed by atoms with Crippen LogP contribution in [0.2, 0.25) is 0 Å². The molecule has 1 unspecified atom stereocenters. The standard InChI is InChI=1S/C19H25NO3S/c21-18(11-8-14-5-2-1-3-6-14)20-13-15-9-10-17(24-15)19(22)16-7-4-12-23-16/h4,7,9-10,12,14,19,22H,1-3,5-6,8,11,13H2,(H,20,21). The fourth-order valence-electron chi connectivity index (χ4n) is 3.31. The number of hydrogen-bond donors (Lipinski definition) is 2. The van der Waals surface area contributed by atoms with Gasteiger partial charge in [-0.15, -0.1) is 11.3 Å². The Morgan fingerprint density at radius 2 is 2.12 bits per heavy atom. The van der Waals surface area contributed by atoms with Crippen LogP contribution in [0.15, 0.2) is 34.9 Å². The molecule has 2 heterocycles. The van der Waals surface area contributed by atoms with Crippen LogP contribution >= 0.6 is 11.3 Å². The van der Waals surface area contributed by atoms with Crippen LogP contribution in [-0.4, -0.2) is 11.0 Å². The van der Waals surface area contributed by atoms with Gasteiger partial charge in [0.05, 0.1) is 12.8 Å². The Kier molecular flexibility index (Phi) is 6.10. The van der Waals surface area contributed by atoms with Crippen molar-refractivity contribution in [2.24, 2.45) is 5.92 Å². The molecule has 130 valence electrons. The number of aliphatic hydroxyl groups excluding tert-OH is 1. The Hall–Kier alpha value is -1.59. The molecule has 1 amide bonds. The van der Waals surface area contributed by atoms with Gasteiger partial charge in [-0.2, -0.15) is 0 Å². The number of carbonyl (C=O) groups excluding carboxylic acids is 1. The molecule has 0 spiro atoms. The summed E-state index contributed by atoms with van der Waals surface area (Å²) in [5.74, 6) is 1.41. The highest BCUT2D eigenvalue weighted by Crippen LogP contribution is 2.29. The second-order valence-electron chi connectivity index (χ2n) is 6.54. The van der Waals surface area contributed by atoms with Crippen molar-refractivity contribution >= 4 is 17.2 Å². The normalized spacial score (nSPS) is 16.9. The predicted octanol–water partition coefficient (Wildman–Crippen LogP) is 4.40. The van der Waals surface area contributed by atoms with E-state index in [9.17, 15) is 9.90 Å². The molecule has 0 saturated heterocycles. The molecular formula is C19H25NO3S. The van der Waals surface area contributed by atoms with E-state index in [2.05, 4.69) is 5.32 Å². The Morgan fingerprint density at radius 1 is 1.29 bits per heavy atom. The molecule has 2 aromatic heterocycles. The second kappa shape index (κ2) is 8.49. The first-order valence-corrected chi connectivity index (χ1v) is 9.61. The lowest BCUT2D eigenvalue weighted by Gasteiger charge is -2.20. The average molecular weight is 347 g/mol. The van der Waals surface area contributed by atoms with Crippen LogP contribution in [0, 0.1) is 5.92 Å². The maximum Gasteiger partial charge on any atom is 0.220 e. The third-order valence-electron chi connectivity index (χ3n) is 4.73. The molecule has 1 saturated carbocycles. The average Bonchev–Trinajstić information content (AvgIpc) is 3.30. The maximum atomic E-state index is 12.0. The predicted molar refractivity (Wildman–Crippen MR) is 94.7 cm³/mol. The second-order valence-corrected chi connectivity index (χ2v) is 7.74. The zero-order chi connectivity index (χ0) is 16.8. The van der Waals surface area contributed by atoms with Crippen LogP contribution in [-0.2, 0) is 11.3 Å². The number of hydrogen-bond acceptors (Lipinski definition) is 4. The first-order chi connectivity index (χ1) is 11.7. The highest BCUT2D eigenvalue weighted by Gasteiger charge is 2.17. The van der Waals surface area contributed by atoms with Crippen molar-refractivity contribution < 1.29 is 14.3 Å². The van der Waals surface area contributed by atoms with Gasteiger partial charge in [0.1, 0.15) is 11.9 Å². The molecule has 3 rings (SSSR count). The van der Waals surface area contributed by atoms with Crippen molar-refractivity contribution in [1.82, 2.24) is 5.32 Å². The zero-order valence-corrected chi connectivity index (χ0v) is 14.7. The highest BCUT2D eigenvalue weighted by atomic mass is 32.1. The first kappa shape index (κ1) is 17.2. The summed E-state index contributed by atoms with van der Waals surface area (Å²) >= 11 is 1.50. The molecule has 0 aliphatic heterocycles. The summed E-state index contributed by atoms with van der Waals surface area (Å²) in [5.41, 5.74) is 0. The van der Waals surface area contributed by atoms with Gasteiger partial charge < -0.3 is 14.8 Å². The SMILES string of the molecule is O=C(CCC1CCCCC1)NCc1ccc(C(O)c2ccco2)s1. The third-order valence-corrected chi connectivity index (χ3v) is 5.87. The third kappa shape index (κ3) is 4.71. The van der Waals surface area contributed by atoms with E-state index in [0.717, 1.165) is 22.1 Å². The van der Waals surface area contributed by atoms with Gasteiger partial charge >= 0.3 is 0 Å². The van der Waals surface area contributed by atoms with Gasteiger partial charge in [-0.1, -0.05) is 32.1 Å². The molecule has 0 aromatic carbocycles. The summed E-state index contributed by atoms with van der Waals surface area (Å²) in [7, 11) is 0. The minimum atomic E-state index is -0.735. The van der Waals surface area contributed by atoms with E-state index in [0.29, 0.717) is 18.7 Å². The number of rotatable bonds is 7. The molecule has 0 bridgehead atoms. The number of aliphatic hydroxyl groups is 1. The van der Waals surface area contributed by atoms with E-state index in [1.54, 1.807) is 18.4 Å². The van der Waals surface area contributed by atoms with Crippen LogP contribution in [0.4, 0.5) is 0 Å². The van der Waals surface area contributed by atoms with Crippen LogP contribution in [0.5, 0.6) is 0 Å². The lowest BCUT2D eigenvalue weighted by atomic mass is 9.86. The lowest BCUT2D eigenvalue weighted by molar-refractivity contribution is -0.121. The van der Waals surface area contributed by atoms with Crippen molar-refractivity contribution in [2.75, 3.05) is 0 Å². The van der Waals surface area contributed by atoms with E-state index in [1.807, 2.05) is 12.1 Å². The molecule has 5 heteroatoms. The van der Waals surface area contributed by atoms with E-state index in [1.165, 1.54) is 43.4 Å². The number of furan rings is 1. The van der Waals surface area contributed by atoms with Crippen molar-refractivity contribution in [3.05, 3.63) is 46.0 Å². The van der Waals surface area contributed by atoms with E-state index >= 15 is 0 Å². The summed E-state index contributed by atoms with van der Waals surface area (Å²) < 4.78 is 5.23. The molecule has 4 nitrogen and oxygen atoms in total. The number of carbonyl (C=O) groups is 1. The van der Waals surface area contributed by atoms with Crippen LogP contribution in [0.1, 0.15) is 66.6 Å². The van der Waals surface area contributed by atoms with Crippen LogP contribution in [0.25, 0.3) is 0 Å². The topological polar surface area (TPSA) is 62.5 Å². The van der Waals surface area contributed by atoms with Gasteiger partial charge in [-0.3, -0.25) is 4.79 Å². The van der Waals surface area contributed by atoms with Gasteiger partial charge in [0.25, 0.3) is 0 Å². The minimum Gasteiger partial charge on any atom is -0.466 e.